The topological polar surface area (TPSA) is 55.4 Å². The number of rotatable bonds is 6. The highest BCUT2D eigenvalue weighted by Gasteiger charge is 2.07. The summed E-state index contributed by atoms with van der Waals surface area (Å²) in [6.45, 7) is -2.92. The van der Waals surface area contributed by atoms with E-state index in [2.05, 4.69) is 9.46 Å². The highest BCUT2D eigenvalue weighted by molar-refractivity contribution is 7.95. The molecular weight excluding hydrogens is 312 g/mol. The van der Waals surface area contributed by atoms with E-state index in [1.807, 2.05) is 6.07 Å². The number of halogens is 2. The zero-order valence-electron chi connectivity index (χ0n) is 11.3. The van der Waals surface area contributed by atoms with Crippen molar-refractivity contribution in [1.29, 1.82) is 0 Å². The van der Waals surface area contributed by atoms with E-state index in [1.165, 1.54) is 30.3 Å². The molecule has 0 atom stereocenters. The number of nitrogens with one attached hydrogen (secondary N) is 1. The lowest BCUT2D eigenvalue weighted by atomic mass is 10.2. The van der Waals surface area contributed by atoms with Crippen molar-refractivity contribution in [3.8, 4) is 5.75 Å². The van der Waals surface area contributed by atoms with Gasteiger partial charge >= 0.3 is 6.61 Å². The number of anilines is 1. The molecule has 0 amide bonds. The average molecular weight is 325 g/mol. The molecule has 0 saturated carbocycles. The summed E-state index contributed by atoms with van der Waals surface area (Å²) >= 11 is 0. The first-order valence-electron chi connectivity index (χ1n) is 6.25. The SMILES string of the molecule is O=S(=O)(/C=C/c1ccccc1)Nc1ccc(OC(F)F)cc1. The fourth-order valence-electron chi connectivity index (χ4n) is 1.63. The van der Waals surface area contributed by atoms with Crippen LogP contribution in [0.5, 0.6) is 5.75 Å². The molecule has 0 aromatic heterocycles. The van der Waals surface area contributed by atoms with Crippen LogP contribution >= 0.6 is 0 Å². The van der Waals surface area contributed by atoms with Crippen molar-refractivity contribution in [3.05, 3.63) is 65.6 Å². The monoisotopic (exact) mass is 325 g/mol. The van der Waals surface area contributed by atoms with Crippen molar-refractivity contribution in [3.63, 3.8) is 0 Å². The molecule has 7 heteroatoms. The van der Waals surface area contributed by atoms with Crippen LogP contribution in [0.1, 0.15) is 5.56 Å². The maximum atomic E-state index is 12.0. The molecule has 2 aromatic carbocycles. The molecule has 0 radical (unpaired) electrons. The third kappa shape index (κ3) is 5.17. The van der Waals surface area contributed by atoms with Gasteiger partial charge < -0.3 is 4.74 Å². The van der Waals surface area contributed by atoms with Crippen molar-refractivity contribution in [2.45, 2.75) is 6.61 Å². The summed E-state index contributed by atoms with van der Waals surface area (Å²) in [6, 6.07) is 14.1. The Morgan fingerprint density at radius 3 is 2.23 bits per heavy atom. The van der Waals surface area contributed by atoms with Gasteiger partial charge in [0, 0.05) is 5.69 Å². The van der Waals surface area contributed by atoms with E-state index in [1.54, 1.807) is 24.3 Å². The van der Waals surface area contributed by atoms with E-state index in [4.69, 9.17) is 0 Å². The van der Waals surface area contributed by atoms with Gasteiger partial charge in [-0.05, 0) is 35.9 Å². The Balaban J connectivity index is 2.04. The molecule has 0 aliphatic heterocycles. The van der Waals surface area contributed by atoms with Gasteiger partial charge in [-0.3, -0.25) is 4.72 Å². The molecule has 0 unspecified atom stereocenters. The Labute approximate surface area is 127 Å². The lowest BCUT2D eigenvalue weighted by Gasteiger charge is -2.07. The summed E-state index contributed by atoms with van der Waals surface area (Å²) in [7, 11) is -3.69. The van der Waals surface area contributed by atoms with Crippen molar-refractivity contribution in [1.82, 2.24) is 0 Å². The molecule has 2 rings (SSSR count). The Morgan fingerprint density at radius 1 is 1.00 bits per heavy atom. The summed E-state index contributed by atoms with van der Waals surface area (Å²) < 4.78 is 54.3. The van der Waals surface area contributed by atoms with E-state index in [9.17, 15) is 17.2 Å². The Morgan fingerprint density at radius 2 is 1.64 bits per heavy atom. The molecular formula is C15H13F2NO3S. The molecule has 0 heterocycles. The molecule has 2 aromatic rings. The fraction of sp³-hybridized carbons (Fsp3) is 0.0667. The van der Waals surface area contributed by atoms with Gasteiger partial charge in [0.1, 0.15) is 5.75 Å². The Bertz CT molecular complexity index is 729. The molecule has 1 N–H and O–H groups in total. The van der Waals surface area contributed by atoms with Gasteiger partial charge in [-0.25, -0.2) is 8.42 Å². The van der Waals surface area contributed by atoms with Crippen LogP contribution in [0.2, 0.25) is 0 Å². The molecule has 0 spiro atoms. The van der Waals surface area contributed by atoms with Crippen LogP contribution in [-0.2, 0) is 10.0 Å². The molecule has 22 heavy (non-hydrogen) atoms. The zero-order chi connectivity index (χ0) is 16.0. The quantitative estimate of drug-likeness (QED) is 0.881. The standard InChI is InChI=1S/C15H13F2NO3S/c16-15(17)21-14-8-6-13(7-9-14)18-22(19,20)11-10-12-4-2-1-3-5-12/h1-11,15,18H/b11-10+. The summed E-state index contributed by atoms with van der Waals surface area (Å²) in [5.74, 6) is -0.0437. The summed E-state index contributed by atoms with van der Waals surface area (Å²) in [6.07, 6.45) is 1.45. The average Bonchev–Trinajstić information content (AvgIpc) is 2.48. The zero-order valence-corrected chi connectivity index (χ0v) is 12.1. The largest absolute Gasteiger partial charge is 0.435 e. The van der Waals surface area contributed by atoms with Gasteiger partial charge in [-0.1, -0.05) is 30.3 Å². The maximum Gasteiger partial charge on any atom is 0.387 e. The van der Waals surface area contributed by atoms with E-state index >= 15 is 0 Å². The molecule has 0 saturated heterocycles. The van der Waals surface area contributed by atoms with Crippen LogP contribution < -0.4 is 9.46 Å². The second kappa shape index (κ2) is 7.04. The van der Waals surface area contributed by atoms with Gasteiger partial charge in [0.25, 0.3) is 10.0 Å². The highest BCUT2D eigenvalue weighted by atomic mass is 32.2. The number of benzene rings is 2. The van der Waals surface area contributed by atoms with Crippen molar-refractivity contribution >= 4 is 21.8 Å². The minimum atomic E-state index is -3.69. The number of hydrogen-bond acceptors (Lipinski definition) is 3. The molecule has 4 nitrogen and oxygen atoms in total. The van der Waals surface area contributed by atoms with Gasteiger partial charge in [-0.2, -0.15) is 8.78 Å². The third-order valence-electron chi connectivity index (χ3n) is 2.58. The molecule has 0 aliphatic rings. The van der Waals surface area contributed by atoms with Gasteiger partial charge in [-0.15, -0.1) is 0 Å². The number of sulfonamides is 1. The Hall–Kier alpha value is -2.41. The normalized spacial score (nSPS) is 11.8. The number of hydrogen-bond donors (Lipinski definition) is 1. The van der Waals surface area contributed by atoms with Crippen LogP contribution in [0.3, 0.4) is 0 Å². The lowest BCUT2D eigenvalue weighted by molar-refractivity contribution is -0.0498. The Kier molecular flexibility index (Phi) is 5.11. The predicted octanol–water partition coefficient (Wildman–Crippen LogP) is 3.70. The third-order valence-corrected chi connectivity index (χ3v) is 3.59. The summed E-state index contributed by atoms with van der Waals surface area (Å²) in [5, 5.41) is 1.03. The number of ether oxygens (including phenoxy) is 1. The smallest absolute Gasteiger partial charge is 0.387 e. The van der Waals surface area contributed by atoms with Crippen molar-refractivity contribution in [2.75, 3.05) is 4.72 Å². The van der Waals surface area contributed by atoms with E-state index in [0.29, 0.717) is 0 Å². The van der Waals surface area contributed by atoms with E-state index in [-0.39, 0.29) is 11.4 Å². The molecule has 0 fully saturated rings. The van der Waals surface area contributed by atoms with Crippen LogP contribution in [0, 0.1) is 0 Å². The predicted molar refractivity (Wildman–Crippen MR) is 81.1 cm³/mol. The fourth-order valence-corrected chi connectivity index (χ4v) is 2.50. The number of alkyl halides is 2. The van der Waals surface area contributed by atoms with Crippen molar-refractivity contribution < 1.29 is 21.9 Å². The molecule has 0 bridgehead atoms. The highest BCUT2D eigenvalue weighted by Crippen LogP contribution is 2.19. The molecule has 116 valence electrons. The van der Waals surface area contributed by atoms with Gasteiger partial charge in [0.15, 0.2) is 0 Å². The van der Waals surface area contributed by atoms with Crippen LogP contribution in [0.15, 0.2) is 60.0 Å². The molecule has 0 aliphatic carbocycles. The van der Waals surface area contributed by atoms with Crippen LogP contribution in [0.4, 0.5) is 14.5 Å². The van der Waals surface area contributed by atoms with Crippen LogP contribution in [0.25, 0.3) is 6.08 Å². The maximum absolute atomic E-state index is 12.0. The summed E-state index contributed by atoms with van der Waals surface area (Å²) in [5.41, 5.74) is 0.993. The van der Waals surface area contributed by atoms with Gasteiger partial charge in [0.2, 0.25) is 0 Å². The first kappa shape index (κ1) is 16.0. The van der Waals surface area contributed by atoms with Crippen molar-refractivity contribution in [2.24, 2.45) is 0 Å². The minimum Gasteiger partial charge on any atom is -0.435 e. The minimum absolute atomic E-state index is 0.0437. The first-order chi connectivity index (χ1) is 10.4. The van der Waals surface area contributed by atoms with Gasteiger partial charge in [0.05, 0.1) is 5.41 Å². The first-order valence-corrected chi connectivity index (χ1v) is 7.80. The second-order valence-corrected chi connectivity index (χ2v) is 5.83. The van der Waals surface area contributed by atoms with Crippen LogP contribution in [-0.4, -0.2) is 15.0 Å². The van der Waals surface area contributed by atoms with E-state index in [0.717, 1.165) is 11.0 Å². The lowest BCUT2D eigenvalue weighted by Crippen LogP contribution is -2.09. The second-order valence-electron chi connectivity index (χ2n) is 4.26. The van der Waals surface area contributed by atoms with E-state index < -0.39 is 16.6 Å². The summed E-state index contributed by atoms with van der Waals surface area (Å²) in [4.78, 5) is 0.